The van der Waals surface area contributed by atoms with Crippen LogP contribution in [0.4, 0.5) is 0 Å². The van der Waals surface area contributed by atoms with Crippen LogP contribution in [0.25, 0.3) is 20.8 Å². The van der Waals surface area contributed by atoms with Gasteiger partial charge >= 0.3 is 0 Å². The van der Waals surface area contributed by atoms with Gasteiger partial charge in [-0.05, 0) is 25.0 Å². The lowest BCUT2D eigenvalue weighted by atomic mass is 10.1. The van der Waals surface area contributed by atoms with E-state index >= 15 is 0 Å². The maximum atomic E-state index is 12.5. The summed E-state index contributed by atoms with van der Waals surface area (Å²) in [5, 5.41) is 1.31. The lowest BCUT2D eigenvalue weighted by Crippen LogP contribution is -2.27. The van der Waals surface area contributed by atoms with Crippen molar-refractivity contribution in [2.45, 2.75) is 12.8 Å². The number of hydrogen-bond acceptors (Lipinski definition) is 4. The van der Waals surface area contributed by atoms with E-state index in [0.29, 0.717) is 5.15 Å². The lowest BCUT2D eigenvalue weighted by Gasteiger charge is -2.15. The molecular formula is C17H14ClN3OS. The Bertz CT molecular complexity index is 886. The van der Waals surface area contributed by atoms with Gasteiger partial charge < -0.3 is 4.90 Å². The maximum absolute atomic E-state index is 12.5. The van der Waals surface area contributed by atoms with E-state index in [9.17, 15) is 4.79 Å². The molecule has 116 valence electrons. The van der Waals surface area contributed by atoms with Crippen LogP contribution in [0.1, 0.15) is 23.2 Å². The fraction of sp³-hybridized carbons (Fsp3) is 0.235. The number of benzene rings is 1. The van der Waals surface area contributed by atoms with Gasteiger partial charge in [-0.15, -0.1) is 11.3 Å². The van der Waals surface area contributed by atoms with Gasteiger partial charge in [0.05, 0.1) is 10.2 Å². The van der Waals surface area contributed by atoms with E-state index in [2.05, 4.69) is 9.97 Å². The Hall–Kier alpha value is -1.98. The van der Waals surface area contributed by atoms with Gasteiger partial charge in [0.15, 0.2) is 0 Å². The number of likely N-dealkylation sites (tertiary alicyclic amines) is 1. The van der Waals surface area contributed by atoms with Crippen LogP contribution >= 0.6 is 22.9 Å². The van der Waals surface area contributed by atoms with Crippen LogP contribution in [-0.4, -0.2) is 33.9 Å². The summed E-state index contributed by atoms with van der Waals surface area (Å²) in [4.78, 5) is 23.1. The minimum absolute atomic E-state index is 0.107. The fourth-order valence-electron chi connectivity index (χ4n) is 2.82. The summed E-state index contributed by atoms with van der Waals surface area (Å²) in [5.41, 5.74) is 2.51. The SMILES string of the molecule is O=C(c1cccc(-c2nc3cc(Cl)ncc3s2)c1)N1CCCC1. The number of fused-ring (bicyclic) bond motifs is 1. The zero-order valence-corrected chi connectivity index (χ0v) is 13.9. The van der Waals surface area contributed by atoms with Crippen LogP contribution in [0.5, 0.6) is 0 Å². The van der Waals surface area contributed by atoms with Gasteiger partial charge in [0.1, 0.15) is 10.2 Å². The Labute approximate surface area is 142 Å². The second-order valence-electron chi connectivity index (χ2n) is 5.57. The number of carbonyl (C=O) groups excluding carboxylic acids is 1. The molecule has 23 heavy (non-hydrogen) atoms. The summed E-state index contributed by atoms with van der Waals surface area (Å²) in [6.45, 7) is 1.71. The van der Waals surface area contributed by atoms with Crippen molar-refractivity contribution in [1.82, 2.24) is 14.9 Å². The molecule has 1 saturated heterocycles. The molecule has 0 bridgehead atoms. The van der Waals surface area contributed by atoms with Crippen molar-refractivity contribution in [3.05, 3.63) is 47.2 Å². The van der Waals surface area contributed by atoms with Gasteiger partial charge in [-0.2, -0.15) is 0 Å². The van der Waals surface area contributed by atoms with Gasteiger partial charge in [-0.3, -0.25) is 4.79 Å². The predicted molar refractivity (Wildman–Crippen MR) is 93.0 cm³/mol. The highest BCUT2D eigenvalue weighted by atomic mass is 35.5. The second-order valence-corrected chi connectivity index (χ2v) is 6.99. The molecule has 1 amide bonds. The van der Waals surface area contributed by atoms with E-state index in [1.165, 1.54) is 0 Å². The number of nitrogens with zero attached hydrogens (tertiary/aromatic N) is 3. The van der Waals surface area contributed by atoms with Gasteiger partial charge in [0.2, 0.25) is 0 Å². The molecule has 2 aromatic heterocycles. The monoisotopic (exact) mass is 343 g/mol. The number of carbonyl (C=O) groups is 1. The Balaban J connectivity index is 1.70. The predicted octanol–water partition coefficient (Wildman–Crippen LogP) is 4.25. The van der Waals surface area contributed by atoms with Crippen LogP contribution < -0.4 is 0 Å². The molecule has 0 radical (unpaired) electrons. The second kappa shape index (κ2) is 5.91. The molecule has 1 fully saturated rings. The number of pyridine rings is 1. The van der Waals surface area contributed by atoms with Crippen LogP contribution in [-0.2, 0) is 0 Å². The van der Waals surface area contributed by atoms with Crippen molar-refractivity contribution in [1.29, 1.82) is 0 Å². The quantitative estimate of drug-likeness (QED) is 0.653. The average molecular weight is 344 g/mol. The summed E-state index contributed by atoms with van der Waals surface area (Å²) in [6.07, 6.45) is 3.92. The van der Waals surface area contributed by atoms with Gasteiger partial charge in [-0.25, -0.2) is 9.97 Å². The third-order valence-corrected chi connectivity index (χ3v) is 5.25. The number of aromatic nitrogens is 2. The Morgan fingerprint density at radius 2 is 2.04 bits per heavy atom. The zero-order valence-electron chi connectivity index (χ0n) is 12.3. The van der Waals surface area contributed by atoms with Crippen LogP contribution in [0.3, 0.4) is 0 Å². The van der Waals surface area contributed by atoms with Crippen molar-refractivity contribution in [3.63, 3.8) is 0 Å². The summed E-state index contributed by atoms with van der Waals surface area (Å²) in [6, 6.07) is 9.45. The first kappa shape index (κ1) is 14.6. The van der Waals surface area contributed by atoms with Crippen molar-refractivity contribution in [2.24, 2.45) is 0 Å². The molecule has 0 saturated carbocycles. The number of halogens is 1. The van der Waals surface area contributed by atoms with Gasteiger partial charge in [-0.1, -0.05) is 23.7 Å². The van der Waals surface area contributed by atoms with Crippen molar-refractivity contribution in [3.8, 4) is 10.6 Å². The zero-order chi connectivity index (χ0) is 15.8. The summed E-state index contributed by atoms with van der Waals surface area (Å²) < 4.78 is 0.987. The van der Waals surface area contributed by atoms with E-state index < -0.39 is 0 Å². The van der Waals surface area contributed by atoms with Crippen LogP contribution in [0, 0.1) is 0 Å². The molecule has 0 atom stereocenters. The molecular weight excluding hydrogens is 330 g/mol. The molecule has 0 aliphatic carbocycles. The van der Waals surface area contributed by atoms with E-state index in [4.69, 9.17) is 11.6 Å². The largest absolute Gasteiger partial charge is 0.339 e. The minimum atomic E-state index is 0.107. The van der Waals surface area contributed by atoms with Crippen molar-refractivity contribution < 1.29 is 4.79 Å². The first-order valence-corrected chi connectivity index (χ1v) is 8.72. The molecule has 1 aliphatic rings. The van der Waals surface area contributed by atoms with Crippen LogP contribution in [0.15, 0.2) is 36.5 Å². The Morgan fingerprint density at radius 1 is 1.22 bits per heavy atom. The molecule has 0 N–H and O–H groups in total. The van der Waals surface area contributed by atoms with E-state index in [0.717, 1.165) is 52.3 Å². The van der Waals surface area contributed by atoms with Crippen molar-refractivity contribution in [2.75, 3.05) is 13.1 Å². The first-order valence-electron chi connectivity index (χ1n) is 7.52. The number of rotatable bonds is 2. The summed E-state index contributed by atoms with van der Waals surface area (Å²) >= 11 is 7.47. The standard InChI is InChI=1S/C17H14ClN3OS/c18-15-9-13-14(10-19-15)23-16(20-13)11-4-3-5-12(8-11)17(22)21-6-1-2-7-21/h3-5,8-10H,1-2,6-7H2. The number of thiazole rings is 1. The normalized spacial score (nSPS) is 14.6. The molecule has 3 heterocycles. The Morgan fingerprint density at radius 3 is 2.87 bits per heavy atom. The van der Waals surface area contributed by atoms with Crippen molar-refractivity contribution >= 4 is 39.1 Å². The third kappa shape index (κ3) is 2.82. The fourth-order valence-corrected chi connectivity index (χ4v) is 3.89. The molecule has 4 nitrogen and oxygen atoms in total. The Kier molecular flexibility index (Phi) is 3.75. The summed E-state index contributed by atoms with van der Waals surface area (Å²) in [7, 11) is 0. The highest BCUT2D eigenvalue weighted by molar-refractivity contribution is 7.21. The third-order valence-electron chi connectivity index (χ3n) is 3.99. The first-order chi connectivity index (χ1) is 11.2. The topological polar surface area (TPSA) is 46.1 Å². The smallest absolute Gasteiger partial charge is 0.253 e. The highest BCUT2D eigenvalue weighted by Crippen LogP contribution is 2.31. The molecule has 4 rings (SSSR count). The summed E-state index contributed by atoms with van der Waals surface area (Å²) in [5.74, 6) is 0.107. The minimum Gasteiger partial charge on any atom is -0.339 e. The van der Waals surface area contributed by atoms with E-state index in [-0.39, 0.29) is 5.91 Å². The number of hydrogen-bond donors (Lipinski definition) is 0. The van der Waals surface area contributed by atoms with Gasteiger partial charge in [0.25, 0.3) is 5.91 Å². The maximum Gasteiger partial charge on any atom is 0.253 e. The van der Waals surface area contributed by atoms with Gasteiger partial charge in [0, 0.05) is 36.5 Å². The van der Waals surface area contributed by atoms with E-state index in [1.54, 1.807) is 23.6 Å². The highest BCUT2D eigenvalue weighted by Gasteiger charge is 2.20. The van der Waals surface area contributed by atoms with Crippen LogP contribution in [0.2, 0.25) is 5.15 Å². The molecule has 0 spiro atoms. The molecule has 1 aromatic carbocycles. The molecule has 0 unspecified atom stereocenters. The molecule has 3 aromatic rings. The average Bonchev–Trinajstić information content (AvgIpc) is 3.23. The number of amides is 1. The molecule has 6 heteroatoms. The molecule has 1 aliphatic heterocycles. The lowest BCUT2D eigenvalue weighted by molar-refractivity contribution is 0.0793. The van der Waals surface area contributed by atoms with E-state index in [1.807, 2.05) is 29.2 Å².